The van der Waals surface area contributed by atoms with E-state index in [0.717, 1.165) is 61.7 Å². The zero-order valence-electron chi connectivity index (χ0n) is 15.7. The van der Waals surface area contributed by atoms with Gasteiger partial charge in [-0.1, -0.05) is 23.4 Å². The lowest BCUT2D eigenvalue weighted by Crippen LogP contribution is -2.51. The van der Waals surface area contributed by atoms with Gasteiger partial charge in [-0.25, -0.2) is 0 Å². The molecule has 1 atom stereocenters. The summed E-state index contributed by atoms with van der Waals surface area (Å²) in [6.07, 6.45) is 4.32. The van der Waals surface area contributed by atoms with Crippen LogP contribution in [0.1, 0.15) is 48.3 Å². The largest absolute Gasteiger partial charge is 0.488 e. The average molecular weight is 356 g/mol. The van der Waals surface area contributed by atoms with Gasteiger partial charge in [-0.2, -0.15) is 0 Å². The summed E-state index contributed by atoms with van der Waals surface area (Å²) in [6, 6.07) is 8.27. The highest BCUT2D eigenvalue weighted by Crippen LogP contribution is 2.49. The molecule has 1 saturated heterocycles. The van der Waals surface area contributed by atoms with Gasteiger partial charge in [0.05, 0.1) is 17.4 Å². The van der Waals surface area contributed by atoms with Crippen LogP contribution >= 0.6 is 0 Å². The fraction of sp³-hybridized carbons (Fsp3) is 0.571. The predicted octanol–water partition coefficient (Wildman–Crippen LogP) is 3.61. The van der Waals surface area contributed by atoms with Crippen LogP contribution in [0.2, 0.25) is 0 Å². The Morgan fingerprint density at radius 1 is 1.23 bits per heavy atom. The van der Waals surface area contributed by atoms with E-state index in [4.69, 9.17) is 9.26 Å². The number of rotatable bonds is 5. The molecular weight excluding hydrogens is 328 g/mol. The lowest BCUT2D eigenvalue weighted by Gasteiger charge is -2.51. The Labute approximate surface area is 154 Å². The molecule has 1 spiro atoms. The highest BCUT2D eigenvalue weighted by molar-refractivity contribution is 5.34. The van der Waals surface area contributed by atoms with Crippen molar-refractivity contribution in [2.75, 3.05) is 13.1 Å². The van der Waals surface area contributed by atoms with Crippen molar-refractivity contribution in [3.05, 3.63) is 46.8 Å². The fourth-order valence-corrected chi connectivity index (χ4v) is 4.30. The molecule has 1 N–H and O–H groups in total. The summed E-state index contributed by atoms with van der Waals surface area (Å²) in [5.41, 5.74) is 3.35. The molecule has 1 unspecified atom stereocenters. The van der Waals surface area contributed by atoms with Crippen molar-refractivity contribution in [3.63, 3.8) is 0 Å². The molecule has 140 valence electrons. The summed E-state index contributed by atoms with van der Waals surface area (Å²) >= 11 is 0. The normalized spacial score (nSPS) is 22.3. The van der Waals surface area contributed by atoms with E-state index in [2.05, 4.69) is 22.2 Å². The van der Waals surface area contributed by atoms with Gasteiger partial charge in [-0.05, 0) is 64.1 Å². The minimum Gasteiger partial charge on any atom is -0.488 e. The third kappa shape index (κ3) is 3.26. The molecule has 0 amide bonds. The number of aliphatic hydroxyl groups excluding tert-OH is 1. The zero-order chi connectivity index (χ0) is 18.1. The predicted molar refractivity (Wildman–Crippen MR) is 98.9 cm³/mol. The van der Waals surface area contributed by atoms with E-state index < -0.39 is 0 Å². The Bertz CT molecular complexity index is 743. The van der Waals surface area contributed by atoms with Gasteiger partial charge in [-0.15, -0.1) is 0 Å². The van der Waals surface area contributed by atoms with Crippen molar-refractivity contribution in [3.8, 4) is 5.75 Å². The molecule has 2 aliphatic rings. The highest BCUT2D eigenvalue weighted by atomic mass is 16.5. The summed E-state index contributed by atoms with van der Waals surface area (Å²) in [5, 5.41) is 14.1. The maximum absolute atomic E-state index is 10.1. The molecule has 5 nitrogen and oxygen atoms in total. The third-order valence-corrected chi connectivity index (χ3v) is 6.39. The van der Waals surface area contributed by atoms with Crippen molar-refractivity contribution in [1.82, 2.24) is 10.1 Å². The molecule has 0 bridgehead atoms. The first-order valence-corrected chi connectivity index (χ1v) is 9.60. The number of para-hydroxylation sites is 1. The molecule has 0 radical (unpaired) electrons. The smallest absolute Gasteiger partial charge is 0.140 e. The molecular formula is C21H28N2O3. The second-order valence-corrected chi connectivity index (χ2v) is 7.89. The minimum absolute atomic E-state index is 0.0738. The number of aryl methyl sites for hydroxylation is 2. The molecule has 2 heterocycles. The molecule has 4 rings (SSSR count). The van der Waals surface area contributed by atoms with Crippen LogP contribution in [0.5, 0.6) is 5.75 Å². The van der Waals surface area contributed by atoms with Crippen LogP contribution in [0.25, 0.3) is 0 Å². The SMILES string of the molecule is Cc1noc(C)c1COc1ccccc1CN1CCC2(CCC2O)CC1. The van der Waals surface area contributed by atoms with Gasteiger partial charge in [0, 0.05) is 12.1 Å². The number of hydrogen-bond acceptors (Lipinski definition) is 5. The van der Waals surface area contributed by atoms with Gasteiger partial charge in [0.25, 0.3) is 0 Å². The van der Waals surface area contributed by atoms with E-state index in [1.165, 1.54) is 12.0 Å². The second-order valence-electron chi connectivity index (χ2n) is 7.89. The Hall–Kier alpha value is -1.85. The molecule has 1 aliphatic heterocycles. The van der Waals surface area contributed by atoms with Crippen molar-refractivity contribution in [2.45, 2.75) is 58.8 Å². The first-order valence-electron chi connectivity index (χ1n) is 9.60. The number of nitrogens with zero attached hydrogens (tertiary/aromatic N) is 2. The molecule has 2 aromatic rings. The topological polar surface area (TPSA) is 58.7 Å². The van der Waals surface area contributed by atoms with Crippen LogP contribution in [0.15, 0.2) is 28.8 Å². The van der Waals surface area contributed by atoms with E-state index >= 15 is 0 Å². The van der Waals surface area contributed by atoms with E-state index in [1.54, 1.807) is 0 Å². The van der Waals surface area contributed by atoms with Crippen LogP contribution < -0.4 is 4.74 Å². The number of ether oxygens (including phenoxy) is 1. The van der Waals surface area contributed by atoms with Crippen LogP contribution in [0, 0.1) is 19.3 Å². The van der Waals surface area contributed by atoms with Gasteiger partial charge in [0.2, 0.25) is 0 Å². The summed E-state index contributed by atoms with van der Waals surface area (Å²) in [6.45, 7) is 7.34. The van der Waals surface area contributed by atoms with Crippen molar-refractivity contribution < 1.29 is 14.4 Å². The summed E-state index contributed by atoms with van der Waals surface area (Å²) in [5.74, 6) is 1.75. The highest BCUT2D eigenvalue weighted by Gasteiger charge is 2.47. The lowest BCUT2D eigenvalue weighted by molar-refractivity contribution is -0.100. The van der Waals surface area contributed by atoms with E-state index in [-0.39, 0.29) is 11.5 Å². The average Bonchev–Trinajstić information content (AvgIpc) is 2.98. The van der Waals surface area contributed by atoms with Crippen LogP contribution in [0.4, 0.5) is 0 Å². The number of piperidine rings is 1. The molecule has 2 fully saturated rings. The number of aliphatic hydroxyl groups is 1. The molecule has 1 aromatic heterocycles. The van der Waals surface area contributed by atoms with Gasteiger partial charge in [0.15, 0.2) is 0 Å². The van der Waals surface area contributed by atoms with E-state index in [0.29, 0.717) is 6.61 Å². The van der Waals surface area contributed by atoms with Crippen molar-refractivity contribution in [2.24, 2.45) is 5.41 Å². The Balaban J connectivity index is 1.39. The molecule has 1 aliphatic carbocycles. The fourth-order valence-electron chi connectivity index (χ4n) is 4.30. The van der Waals surface area contributed by atoms with Crippen molar-refractivity contribution >= 4 is 0 Å². The van der Waals surface area contributed by atoms with Crippen LogP contribution in [-0.4, -0.2) is 34.4 Å². The quantitative estimate of drug-likeness (QED) is 0.887. The summed E-state index contributed by atoms with van der Waals surface area (Å²) < 4.78 is 11.3. The Morgan fingerprint density at radius 2 is 2.00 bits per heavy atom. The van der Waals surface area contributed by atoms with Gasteiger partial charge < -0.3 is 14.4 Å². The zero-order valence-corrected chi connectivity index (χ0v) is 15.7. The first-order chi connectivity index (χ1) is 12.6. The first kappa shape index (κ1) is 17.6. The minimum atomic E-state index is -0.0738. The molecule has 26 heavy (non-hydrogen) atoms. The summed E-state index contributed by atoms with van der Waals surface area (Å²) in [7, 11) is 0. The maximum atomic E-state index is 10.1. The second kappa shape index (κ2) is 7.05. The monoisotopic (exact) mass is 356 g/mol. The molecule has 5 heteroatoms. The number of benzene rings is 1. The Morgan fingerprint density at radius 3 is 2.62 bits per heavy atom. The van der Waals surface area contributed by atoms with Gasteiger partial charge in [-0.3, -0.25) is 4.90 Å². The van der Waals surface area contributed by atoms with Crippen LogP contribution in [-0.2, 0) is 13.2 Å². The van der Waals surface area contributed by atoms with E-state index in [1.807, 2.05) is 26.0 Å². The molecule has 1 saturated carbocycles. The Kier molecular flexibility index (Phi) is 4.76. The third-order valence-electron chi connectivity index (χ3n) is 6.39. The number of likely N-dealkylation sites (tertiary alicyclic amines) is 1. The van der Waals surface area contributed by atoms with Gasteiger partial charge in [0.1, 0.15) is 18.1 Å². The summed E-state index contributed by atoms with van der Waals surface area (Å²) in [4.78, 5) is 2.48. The lowest BCUT2D eigenvalue weighted by atomic mass is 9.61. The van der Waals surface area contributed by atoms with Crippen LogP contribution in [0.3, 0.4) is 0 Å². The van der Waals surface area contributed by atoms with Crippen molar-refractivity contribution in [1.29, 1.82) is 0 Å². The number of hydrogen-bond donors (Lipinski definition) is 1. The number of aromatic nitrogens is 1. The van der Waals surface area contributed by atoms with E-state index in [9.17, 15) is 5.11 Å². The maximum Gasteiger partial charge on any atom is 0.140 e. The standard InChI is InChI=1S/C21H28N2O3/c1-15-18(16(2)26-22-15)14-25-19-6-4-3-5-17(19)13-23-11-9-21(10-12-23)8-7-20(21)24/h3-6,20,24H,7-14H2,1-2H3. The molecule has 1 aromatic carbocycles. The van der Waals surface area contributed by atoms with Gasteiger partial charge >= 0.3 is 0 Å².